The van der Waals surface area contributed by atoms with Crippen molar-refractivity contribution in [1.29, 1.82) is 0 Å². The van der Waals surface area contributed by atoms with Gasteiger partial charge in [0, 0.05) is 38.3 Å². The van der Waals surface area contributed by atoms with E-state index < -0.39 is 0 Å². The molecule has 0 unspecified atom stereocenters. The summed E-state index contributed by atoms with van der Waals surface area (Å²) in [4.78, 5) is 16.6. The molecule has 1 aliphatic heterocycles. The lowest BCUT2D eigenvalue weighted by molar-refractivity contribution is -0.119. The van der Waals surface area contributed by atoms with Gasteiger partial charge in [0.25, 0.3) is 0 Å². The summed E-state index contributed by atoms with van der Waals surface area (Å²) in [5.74, 6) is 0.199. The topological polar surface area (TPSA) is 32.8 Å². The lowest BCUT2D eigenvalue weighted by atomic mass is 10.2. The van der Waals surface area contributed by atoms with Crippen LogP contribution in [-0.2, 0) is 9.53 Å². The van der Waals surface area contributed by atoms with Gasteiger partial charge in [-0.15, -0.1) is 0 Å². The summed E-state index contributed by atoms with van der Waals surface area (Å²) in [6.45, 7) is 9.04. The van der Waals surface area contributed by atoms with Crippen molar-refractivity contribution in [2.45, 2.75) is 20.3 Å². The van der Waals surface area contributed by atoms with E-state index >= 15 is 0 Å². The lowest BCUT2D eigenvalue weighted by Gasteiger charge is -2.28. The predicted molar refractivity (Wildman–Crippen MR) is 81.1 cm³/mol. The number of hydrogen-bond acceptors (Lipinski definition) is 3. The van der Waals surface area contributed by atoms with Gasteiger partial charge in [0.15, 0.2) is 0 Å². The number of carbonyl (C=O) groups excluding carboxylic acids is 1. The smallest absolute Gasteiger partial charge is 0.228 e. The molecule has 1 saturated heterocycles. The van der Waals surface area contributed by atoms with Gasteiger partial charge in [-0.1, -0.05) is 12.1 Å². The van der Waals surface area contributed by atoms with Gasteiger partial charge in [-0.25, -0.2) is 0 Å². The fourth-order valence-corrected chi connectivity index (χ4v) is 2.51. The van der Waals surface area contributed by atoms with Crippen molar-refractivity contribution in [2.75, 3.05) is 44.3 Å². The van der Waals surface area contributed by atoms with Crippen LogP contribution in [0.4, 0.5) is 5.69 Å². The van der Waals surface area contributed by atoms with E-state index in [1.807, 2.05) is 24.0 Å². The standard InChI is InChI=1S/C16H24N2O2/c1-3-18(15-6-4-5-14(2)13-15)16(19)7-8-17-9-11-20-12-10-17/h4-6,13H,3,7-12H2,1-2H3. The molecule has 1 fully saturated rings. The maximum Gasteiger partial charge on any atom is 0.228 e. The average molecular weight is 276 g/mol. The van der Waals surface area contributed by atoms with Gasteiger partial charge in [0.1, 0.15) is 0 Å². The van der Waals surface area contributed by atoms with Crippen molar-refractivity contribution < 1.29 is 9.53 Å². The molecule has 4 heteroatoms. The van der Waals surface area contributed by atoms with Crippen molar-refractivity contribution in [2.24, 2.45) is 0 Å². The Morgan fingerprint density at radius 3 is 2.75 bits per heavy atom. The number of amides is 1. The molecule has 0 bridgehead atoms. The first-order valence-electron chi connectivity index (χ1n) is 7.38. The summed E-state index contributed by atoms with van der Waals surface area (Å²) in [6.07, 6.45) is 0.571. The van der Waals surface area contributed by atoms with Crippen LogP contribution in [0.2, 0.25) is 0 Å². The SMILES string of the molecule is CCN(C(=O)CCN1CCOCC1)c1cccc(C)c1. The van der Waals surface area contributed by atoms with Crippen molar-refractivity contribution in [1.82, 2.24) is 4.90 Å². The summed E-state index contributed by atoms with van der Waals surface area (Å²) in [5, 5.41) is 0. The van der Waals surface area contributed by atoms with Gasteiger partial charge in [-0.3, -0.25) is 9.69 Å². The maximum atomic E-state index is 12.4. The fraction of sp³-hybridized carbons (Fsp3) is 0.562. The Morgan fingerprint density at radius 1 is 1.35 bits per heavy atom. The van der Waals surface area contributed by atoms with Gasteiger partial charge in [0.2, 0.25) is 5.91 Å². The molecule has 0 spiro atoms. The molecular weight excluding hydrogens is 252 g/mol. The van der Waals surface area contributed by atoms with Crippen LogP contribution in [0.25, 0.3) is 0 Å². The predicted octanol–water partition coefficient (Wildman–Crippen LogP) is 2.07. The van der Waals surface area contributed by atoms with Crippen LogP contribution in [0.15, 0.2) is 24.3 Å². The number of hydrogen-bond donors (Lipinski definition) is 0. The zero-order chi connectivity index (χ0) is 14.4. The van der Waals surface area contributed by atoms with E-state index in [0.717, 1.165) is 38.5 Å². The molecule has 1 amide bonds. The van der Waals surface area contributed by atoms with Crippen molar-refractivity contribution in [3.05, 3.63) is 29.8 Å². The van der Waals surface area contributed by atoms with Gasteiger partial charge < -0.3 is 9.64 Å². The van der Waals surface area contributed by atoms with E-state index in [0.29, 0.717) is 13.0 Å². The molecule has 110 valence electrons. The van der Waals surface area contributed by atoms with Gasteiger partial charge in [-0.05, 0) is 31.5 Å². The van der Waals surface area contributed by atoms with Crippen LogP contribution in [0.1, 0.15) is 18.9 Å². The third kappa shape index (κ3) is 4.05. The number of rotatable bonds is 5. The van der Waals surface area contributed by atoms with E-state index in [4.69, 9.17) is 4.74 Å². The molecule has 1 aliphatic rings. The first kappa shape index (κ1) is 15.0. The molecule has 20 heavy (non-hydrogen) atoms. The number of nitrogens with zero attached hydrogens (tertiary/aromatic N) is 2. The van der Waals surface area contributed by atoms with E-state index in [-0.39, 0.29) is 5.91 Å². The number of anilines is 1. The van der Waals surface area contributed by atoms with Gasteiger partial charge in [0.05, 0.1) is 13.2 Å². The monoisotopic (exact) mass is 276 g/mol. The van der Waals surface area contributed by atoms with E-state index in [1.54, 1.807) is 0 Å². The maximum absolute atomic E-state index is 12.4. The summed E-state index contributed by atoms with van der Waals surface area (Å²) in [7, 11) is 0. The summed E-state index contributed by atoms with van der Waals surface area (Å²) in [5.41, 5.74) is 2.18. The average Bonchev–Trinajstić information content (AvgIpc) is 2.47. The third-order valence-electron chi connectivity index (χ3n) is 3.68. The molecular formula is C16H24N2O2. The normalized spacial score (nSPS) is 16.1. The van der Waals surface area contributed by atoms with E-state index in [2.05, 4.69) is 24.0 Å². The highest BCUT2D eigenvalue weighted by molar-refractivity contribution is 5.93. The first-order chi connectivity index (χ1) is 9.70. The molecule has 1 aromatic rings. The third-order valence-corrected chi connectivity index (χ3v) is 3.68. The Bertz CT molecular complexity index is 442. The summed E-state index contributed by atoms with van der Waals surface area (Å²) >= 11 is 0. The molecule has 2 rings (SSSR count). The quantitative estimate of drug-likeness (QED) is 0.825. The fourth-order valence-electron chi connectivity index (χ4n) is 2.51. The minimum atomic E-state index is 0.199. The number of carbonyl (C=O) groups is 1. The molecule has 1 heterocycles. The first-order valence-corrected chi connectivity index (χ1v) is 7.38. The summed E-state index contributed by atoms with van der Waals surface area (Å²) < 4.78 is 5.32. The number of ether oxygens (including phenoxy) is 1. The highest BCUT2D eigenvalue weighted by atomic mass is 16.5. The van der Waals surface area contributed by atoms with E-state index in [9.17, 15) is 4.79 Å². The number of morpholine rings is 1. The second kappa shape index (κ2) is 7.41. The second-order valence-corrected chi connectivity index (χ2v) is 5.18. The summed E-state index contributed by atoms with van der Waals surface area (Å²) in [6, 6.07) is 8.12. The lowest BCUT2D eigenvalue weighted by Crippen LogP contribution is -2.39. The highest BCUT2D eigenvalue weighted by Gasteiger charge is 2.16. The molecule has 4 nitrogen and oxygen atoms in total. The molecule has 1 aromatic carbocycles. The molecule has 0 atom stereocenters. The minimum absolute atomic E-state index is 0.199. The molecule has 0 aromatic heterocycles. The van der Waals surface area contributed by atoms with Gasteiger partial charge in [-0.2, -0.15) is 0 Å². The zero-order valence-corrected chi connectivity index (χ0v) is 12.5. The Kier molecular flexibility index (Phi) is 5.56. The van der Waals surface area contributed by atoms with Crippen molar-refractivity contribution in [3.63, 3.8) is 0 Å². The van der Waals surface area contributed by atoms with E-state index in [1.165, 1.54) is 5.56 Å². The molecule has 0 saturated carbocycles. The number of aryl methyl sites for hydroxylation is 1. The van der Waals surface area contributed by atoms with Crippen molar-refractivity contribution >= 4 is 11.6 Å². The zero-order valence-electron chi connectivity index (χ0n) is 12.5. The molecule has 0 radical (unpaired) electrons. The second-order valence-electron chi connectivity index (χ2n) is 5.18. The van der Waals surface area contributed by atoms with Crippen LogP contribution in [0, 0.1) is 6.92 Å². The Labute approximate surface area is 121 Å². The van der Waals surface area contributed by atoms with Crippen LogP contribution in [0.5, 0.6) is 0 Å². The minimum Gasteiger partial charge on any atom is -0.379 e. The number of benzene rings is 1. The van der Waals surface area contributed by atoms with Crippen LogP contribution in [-0.4, -0.2) is 50.2 Å². The highest BCUT2D eigenvalue weighted by Crippen LogP contribution is 2.16. The van der Waals surface area contributed by atoms with Gasteiger partial charge >= 0.3 is 0 Å². The molecule has 0 aliphatic carbocycles. The van der Waals surface area contributed by atoms with Crippen LogP contribution < -0.4 is 4.90 Å². The van der Waals surface area contributed by atoms with Crippen molar-refractivity contribution in [3.8, 4) is 0 Å². The van der Waals surface area contributed by atoms with Crippen LogP contribution >= 0.6 is 0 Å². The Balaban J connectivity index is 1.91. The Morgan fingerprint density at radius 2 is 2.10 bits per heavy atom. The Hall–Kier alpha value is -1.39. The largest absolute Gasteiger partial charge is 0.379 e. The molecule has 0 N–H and O–H groups in total. The van der Waals surface area contributed by atoms with Crippen LogP contribution in [0.3, 0.4) is 0 Å².